The summed E-state index contributed by atoms with van der Waals surface area (Å²) in [6.45, 7) is 5.98. The van der Waals surface area contributed by atoms with Gasteiger partial charge in [-0.3, -0.25) is 9.59 Å². The van der Waals surface area contributed by atoms with Crippen molar-refractivity contribution < 1.29 is 27.5 Å². The summed E-state index contributed by atoms with van der Waals surface area (Å²) < 4.78 is 43.6. The van der Waals surface area contributed by atoms with Crippen molar-refractivity contribution in [2.45, 2.75) is 45.7 Å². The van der Waals surface area contributed by atoms with Gasteiger partial charge in [0.15, 0.2) is 0 Å². The van der Waals surface area contributed by atoms with Gasteiger partial charge in [-0.1, -0.05) is 19.9 Å². The quantitative estimate of drug-likeness (QED) is 0.439. The number of methoxy groups -OCH3 is 1. The first kappa shape index (κ1) is 24.9. The molecule has 2 aromatic rings. The predicted octanol–water partition coefficient (Wildman–Crippen LogP) is 5.01. The molecule has 0 aliphatic carbocycles. The molecule has 2 amide bonds. The number of nitrogens with one attached hydrogen (secondary N) is 2. The minimum absolute atomic E-state index is 0.0131. The molecule has 2 N–H and O–H groups in total. The highest BCUT2D eigenvalue weighted by molar-refractivity contribution is 5.93. The Labute approximate surface area is 184 Å². The van der Waals surface area contributed by atoms with E-state index in [9.17, 15) is 22.8 Å². The van der Waals surface area contributed by atoms with Crippen molar-refractivity contribution in [1.82, 2.24) is 5.43 Å². The largest absolute Gasteiger partial charge is 0.496 e. The fourth-order valence-electron chi connectivity index (χ4n) is 2.94. The molecular formula is C23H26F3N3O3. The van der Waals surface area contributed by atoms with E-state index < -0.39 is 23.6 Å². The van der Waals surface area contributed by atoms with Crippen molar-refractivity contribution in [3.05, 3.63) is 58.7 Å². The molecule has 0 fully saturated rings. The van der Waals surface area contributed by atoms with E-state index in [1.807, 2.05) is 32.9 Å². The maximum atomic E-state index is 12.7. The summed E-state index contributed by atoms with van der Waals surface area (Å²) >= 11 is 0. The van der Waals surface area contributed by atoms with E-state index in [0.717, 1.165) is 34.6 Å². The second-order valence-corrected chi connectivity index (χ2v) is 7.53. The SMILES string of the molecule is COc1cc(C)c(C=NNC(=O)CCC(=O)Nc2cccc(C(F)(F)F)c2)cc1C(C)C. The molecule has 6 nitrogen and oxygen atoms in total. The molecule has 0 aromatic heterocycles. The van der Waals surface area contributed by atoms with Crippen LogP contribution in [0.3, 0.4) is 0 Å². The summed E-state index contributed by atoms with van der Waals surface area (Å²) in [6, 6.07) is 8.14. The molecule has 2 aromatic carbocycles. The minimum Gasteiger partial charge on any atom is -0.496 e. The van der Waals surface area contributed by atoms with Crippen LogP contribution in [0, 0.1) is 6.92 Å². The molecule has 0 bridgehead atoms. The number of hydrogen-bond donors (Lipinski definition) is 2. The van der Waals surface area contributed by atoms with Gasteiger partial charge in [-0.2, -0.15) is 18.3 Å². The molecule has 0 atom stereocenters. The number of ether oxygens (including phenoxy) is 1. The van der Waals surface area contributed by atoms with Gasteiger partial charge in [-0.25, -0.2) is 5.43 Å². The molecule has 0 spiro atoms. The van der Waals surface area contributed by atoms with Crippen molar-refractivity contribution in [2.24, 2.45) is 5.10 Å². The number of benzene rings is 2. The molecule has 0 saturated carbocycles. The molecule has 0 radical (unpaired) electrons. The lowest BCUT2D eigenvalue weighted by Crippen LogP contribution is -2.21. The fourth-order valence-corrected chi connectivity index (χ4v) is 2.94. The third kappa shape index (κ3) is 7.11. The molecule has 2 rings (SSSR count). The number of aryl methyl sites for hydroxylation is 1. The van der Waals surface area contributed by atoms with Crippen LogP contribution in [0.4, 0.5) is 18.9 Å². The summed E-state index contributed by atoms with van der Waals surface area (Å²) in [5.41, 5.74) is 4.25. The number of rotatable bonds is 8. The Morgan fingerprint density at radius 2 is 1.81 bits per heavy atom. The van der Waals surface area contributed by atoms with Gasteiger partial charge >= 0.3 is 6.18 Å². The van der Waals surface area contributed by atoms with Crippen LogP contribution >= 0.6 is 0 Å². The average Bonchev–Trinajstić information content (AvgIpc) is 2.72. The van der Waals surface area contributed by atoms with Crippen LogP contribution < -0.4 is 15.5 Å². The van der Waals surface area contributed by atoms with Gasteiger partial charge in [-0.15, -0.1) is 0 Å². The smallest absolute Gasteiger partial charge is 0.416 e. The Bertz CT molecular complexity index is 1000. The maximum absolute atomic E-state index is 12.7. The number of nitrogens with zero attached hydrogens (tertiary/aromatic N) is 1. The fraction of sp³-hybridized carbons (Fsp3) is 0.348. The van der Waals surface area contributed by atoms with Gasteiger partial charge in [0.1, 0.15) is 5.75 Å². The minimum atomic E-state index is -4.50. The van der Waals surface area contributed by atoms with Crippen LogP contribution in [0.1, 0.15) is 54.9 Å². The Morgan fingerprint density at radius 3 is 2.44 bits per heavy atom. The van der Waals surface area contributed by atoms with Crippen LogP contribution in [0.2, 0.25) is 0 Å². The van der Waals surface area contributed by atoms with E-state index in [4.69, 9.17) is 4.74 Å². The van der Waals surface area contributed by atoms with E-state index in [-0.39, 0.29) is 24.4 Å². The number of carbonyl (C=O) groups is 2. The highest BCUT2D eigenvalue weighted by atomic mass is 19.4. The van der Waals surface area contributed by atoms with Gasteiger partial charge in [0, 0.05) is 18.5 Å². The molecule has 0 aliphatic rings. The first-order valence-electron chi connectivity index (χ1n) is 9.98. The van der Waals surface area contributed by atoms with Gasteiger partial charge in [0.05, 0.1) is 18.9 Å². The highest BCUT2D eigenvalue weighted by Gasteiger charge is 2.30. The van der Waals surface area contributed by atoms with Crippen molar-refractivity contribution in [2.75, 3.05) is 12.4 Å². The van der Waals surface area contributed by atoms with Crippen LogP contribution in [-0.4, -0.2) is 25.1 Å². The van der Waals surface area contributed by atoms with Crippen molar-refractivity contribution in [3.8, 4) is 5.75 Å². The highest BCUT2D eigenvalue weighted by Crippen LogP contribution is 2.31. The number of hydrogen-bond acceptors (Lipinski definition) is 4. The standard InChI is InChI=1S/C23H26F3N3O3/c1-14(2)19-11-16(15(3)10-20(19)32-4)13-27-29-22(31)9-8-21(30)28-18-7-5-6-17(12-18)23(24,25)26/h5-7,10-14H,8-9H2,1-4H3,(H,28,30)(H,29,31). The van der Waals surface area contributed by atoms with Gasteiger partial charge in [0.2, 0.25) is 11.8 Å². The second kappa shape index (κ2) is 10.8. The van der Waals surface area contributed by atoms with E-state index in [1.54, 1.807) is 7.11 Å². The van der Waals surface area contributed by atoms with Crippen molar-refractivity contribution in [3.63, 3.8) is 0 Å². The van der Waals surface area contributed by atoms with Crippen LogP contribution in [0.15, 0.2) is 41.5 Å². The molecule has 0 saturated heterocycles. The molecular weight excluding hydrogens is 423 g/mol. The Kier molecular flexibility index (Phi) is 8.40. The average molecular weight is 449 g/mol. The lowest BCUT2D eigenvalue weighted by Gasteiger charge is -2.14. The molecule has 32 heavy (non-hydrogen) atoms. The normalized spacial score (nSPS) is 11.6. The van der Waals surface area contributed by atoms with Crippen molar-refractivity contribution in [1.29, 1.82) is 0 Å². The number of hydrazone groups is 1. The summed E-state index contributed by atoms with van der Waals surface area (Å²) in [5, 5.41) is 6.29. The molecule has 9 heteroatoms. The summed E-state index contributed by atoms with van der Waals surface area (Å²) in [7, 11) is 1.61. The number of halogens is 3. The number of amides is 2. The third-order valence-corrected chi connectivity index (χ3v) is 4.69. The van der Waals surface area contributed by atoms with Crippen LogP contribution in [0.5, 0.6) is 5.75 Å². The van der Waals surface area contributed by atoms with Crippen LogP contribution in [0.25, 0.3) is 0 Å². The van der Waals surface area contributed by atoms with E-state index in [2.05, 4.69) is 15.8 Å². The Hall–Kier alpha value is -3.36. The van der Waals surface area contributed by atoms with Gasteiger partial charge < -0.3 is 10.1 Å². The lowest BCUT2D eigenvalue weighted by molar-refractivity contribution is -0.137. The summed E-state index contributed by atoms with van der Waals surface area (Å²) in [5.74, 6) is -0.0418. The zero-order valence-electron chi connectivity index (χ0n) is 18.3. The predicted molar refractivity (Wildman–Crippen MR) is 117 cm³/mol. The molecule has 172 valence electrons. The number of alkyl halides is 3. The van der Waals surface area contributed by atoms with E-state index >= 15 is 0 Å². The monoisotopic (exact) mass is 449 g/mol. The first-order chi connectivity index (χ1) is 15.0. The van der Waals surface area contributed by atoms with E-state index in [1.165, 1.54) is 18.3 Å². The first-order valence-corrected chi connectivity index (χ1v) is 9.98. The number of anilines is 1. The Balaban J connectivity index is 1.89. The van der Waals surface area contributed by atoms with Crippen molar-refractivity contribution >= 4 is 23.7 Å². The Morgan fingerprint density at radius 1 is 1.12 bits per heavy atom. The molecule has 0 aliphatic heterocycles. The zero-order valence-corrected chi connectivity index (χ0v) is 18.3. The molecule has 0 unspecified atom stereocenters. The van der Waals surface area contributed by atoms with E-state index in [0.29, 0.717) is 0 Å². The number of carbonyl (C=O) groups excluding carboxylic acids is 2. The van der Waals surface area contributed by atoms with Gasteiger partial charge in [-0.05, 0) is 59.9 Å². The topological polar surface area (TPSA) is 79.8 Å². The summed E-state index contributed by atoms with van der Waals surface area (Å²) in [4.78, 5) is 23.9. The van der Waals surface area contributed by atoms with Gasteiger partial charge in [0.25, 0.3) is 0 Å². The van der Waals surface area contributed by atoms with Crippen LogP contribution in [-0.2, 0) is 15.8 Å². The summed E-state index contributed by atoms with van der Waals surface area (Å²) in [6.07, 6.45) is -3.35. The molecule has 0 heterocycles. The third-order valence-electron chi connectivity index (χ3n) is 4.69. The maximum Gasteiger partial charge on any atom is 0.416 e. The lowest BCUT2D eigenvalue weighted by atomic mass is 9.97. The second-order valence-electron chi connectivity index (χ2n) is 7.53. The zero-order chi connectivity index (χ0) is 23.9.